The van der Waals surface area contributed by atoms with E-state index in [1.807, 2.05) is 19.9 Å². The molecule has 0 radical (unpaired) electrons. The minimum absolute atomic E-state index is 0.0298. The maximum Gasteiger partial charge on any atom is 0.297 e. The van der Waals surface area contributed by atoms with Crippen LogP contribution in [0.4, 0.5) is 5.13 Å². The second-order valence-corrected chi connectivity index (χ2v) is 9.53. The van der Waals surface area contributed by atoms with Crippen molar-refractivity contribution in [2.75, 3.05) is 12.0 Å². The van der Waals surface area contributed by atoms with Gasteiger partial charge in [0.05, 0.1) is 28.6 Å². The quantitative estimate of drug-likeness (QED) is 0.408. The van der Waals surface area contributed by atoms with Crippen LogP contribution in [0.25, 0.3) is 11.0 Å². The lowest BCUT2D eigenvalue weighted by atomic mass is 9.98. The van der Waals surface area contributed by atoms with Crippen LogP contribution in [0, 0.1) is 6.92 Å². The van der Waals surface area contributed by atoms with Gasteiger partial charge in [0.1, 0.15) is 10.6 Å². The Morgan fingerprint density at radius 3 is 2.73 bits per heavy atom. The molecule has 0 spiro atoms. The molecule has 1 atom stereocenters. The summed E-state index contributed by atoms with van der Waals surface area (Å²) >= 11 is 4.62. The number of aromatic nitrogens is 2. The fourth-order valence-corrected chi connectivity index (χ4v) is 5.26. The number of hydrogen-bond acceptors (Lipinski definition) is 8. The number of carbonyl (C=O) groups excluding carboxylic acids is 1. The van der Waals surface area contributed by atoms with E-state index >= 15 is 0 Å². The SMILES string of the molecule is CCc1nnc(N2C(=O)c3oc4ccc(C)cc4c(=O)c3[C@@H]2c2cc(Br)c(O)c(OC)c2)s1. The summed E-state index contributed by atoms with van der Waals surface area (Å²) in [5, 5.41) is 20.2. The van der Waals surface area contributed by atoms with Gasteiger partial charge in [-0.05, 0) is 59.1 Å². The number of methoxy groups -OCH3 is 1. The zero-order chi connectivity index (χ0) is 23.4. The van der Waals surface area contributed by atoms with E-state index < -0.39 is 11.9 Å². The molecule has 1 amide bonds. The minimum Gasteiger partial charge on any atom is -0.503 e. The van der Waals surface area contributed by atoms with Gasteiger partial charge in [-0.15, -0.1) is 10.2 Å². The van der Waals surface area contributed by atoms with Crippen molar-refractivity contribution in [1.29, 1.82) is 0 Å². The van der Waals surface area contributed by atoms with Crippen LogP contribution in [0.5, 0.6) is 11.5 Å². The number of hydrogen-bond donors (Lipinski definition) is 1. The van der Waals surface area contributed by atoms with Gasteiger partial charge in [-0.1, -0.05) is 29.9 Å². The summed E-state index contributed by atoms with van der Waals surface area (Å²) < 4.78 is 11.6. The number of amides is 1. The van der Waals surface area contributed by atoms with Crippen LogP contribution in [0.15, 0.2) is 44.0 Å². The number of anilines is 1. The molecule has 168 valence electrons. The number of halogens is 1. The first kappa shape index (κ1) is 21.6. The van der Waals surface area contributed by atoms with E-state index in [1.165, 1.54) is 23.3 Å². The third-order valence-corrected chi connectivity index (χ3v) is 7.25. The van der Waals surface area contributed by atoms with Crippen molar-refractivity contribution >= 4 is 49.3 Å². The van der Waals surface area contributed by atoms with Gasteiger partial charge in [-0.2, -0.15) is 0 Å². The number of phenols is 1. The first-order chi connectivity index (χ1) is 15.8. The number of benzene rings is 2. The predicted molar refractivity (Wildman–Crippen MR) is 128 cm³/mol. The average Bonchev–Trinajstić information content (AvgIpc) is 3.39. The third-order valence-electron chi connectivity index (χ3n) is 5.58. The van der Waals surface area contributed by atoms with Crippen LogP contribution in [0.3, 0.4) is 0 Å². The monoisotopic (exact) mass is 527 g/mol. The van der Waals surface area contributed by atoms with Gasteiger partial charge in [0.2, 0.25) is 10.9 Å². The molecule has 10 heteroatoms. The molecule has 0 aliphatic carbocycles. The summed E-state index contributed by atoms with van der Waals surface area (Å²) in [5.74, 6) is -0.384. The predicted octanol–water partition coefficient (Wildman–Crippen LogP) is 4.74. The number of carbonyl (C=O) groups is 1. The van der Waals surface area contributed by atoms with Gasteiger partial charge in [0.25, 0.3) is 5.91 Å². The standard InChI is InChI=1S/C23H18BrN3O5S/c1-4-16-25-26-23(33-16)27-18(11-8-13(24)20(29)15(9-11)31-3)17-19(28)12-7-10(2)5-6-14(12)32-21(17)22(27)30/h5-9,18,29H,4H2,1-3H3/t18-/m0/s1. The van der Waals surface area contributed by atoms with Gasteiger partial charge in [-0.25, -0.2) is 0 Å². The summed E-state index contributed by atoms with van der Waals surface area (Å²) in [5.41, 5.74) is 1.72. The molecule has 1 aliphatic heterocycles. The van der Waals surface area contributed by atoms with Crippen molar-refractivity contribution < 1.29 is 19.1 Å². The van der Waals surface area contributed by atoms with Gasteiger partial charge >= 0.3 is 0 Å². The summed E-state index contributed by atoms with van der Waals surface area (Å²) in [4.78, 5) is 28.7. The number of ether oxygens (including phenoxy) is 1. The molecule has 4 aromatic rings. The molecule has 1 aliphatic rings. The average molecular weight is 528 g/mol. The largest absolute Gasteiger partial charge is 0.503 e. The van der Waals surface area contributed by atoms with Gasteiger partial charge < -0.3 is 14.3 Å². The van der Waals surface area contributed by atoms with Crippen molar-refractivity contribution in [2.24, 2.45) is 0 Å². The zero-order valence-corrected chi connectivity index (χ0v) is 20.3. The van der Waals surface area contributed by atoms with Gasteiger partial charge in [-0.3, -0.25) is 14.5 Å². The molecule has 2 aromatic heterocycles. The topological polar surface area (TPSA) is 106 Å². The van der Waals surface area contributed by atoms with Crippen LogP contribution in [0.1, 0.15) is 45.2 Å². The molecule has 8 nitrogen and oxygen atoms in total. The van der Waals surface area contributed by atoms with Crippen molar-refractivity contribution in [3.05, 3.63) is 72.5 Å². The lowest BCUT2D eigenvalue weighted by molar-refractivity contribution is 0.0970. The Kier molecular flexibility index (Phi) is 5.21. The van der Waals surface area contributed by atoms with E-state index in [9.17, 15) is 14.7 Å². The van der Waals surface area contributed by atoms with E-state index in [-0.39, 0.29) is 28.3 Å². The van der Waals surface area contributed by atoms with Crippen molar-refractivity contribution in [3.63, 3.8) is 0 Å². The fraction of sp³-hybridized carbons (Fsp3) is 0.217. The molecule has 0 unspecified atom stereocenters. The summed E-state index contributed by atoms with van der Waals surface area (Å²) in [6.45, 7) is 3.83. The summed E-state index contributed by atoms with van der Waals surface area (Å²) in [6, 6.07) is 7.68. The molecule has 0 fully saturated rings. The van der Waals surface area contributed by atoms with E-state index in [0.29, 0.717) is 32.6 Å². The number of aryl methyl sites for hydroxylation is 2. The van der Waals surface area contributed by atoms with Crippen LogP contribution < -0.4 is 15.1 Å². The van der Waals surface area contributed by atoms with E-state index in [1.54, 1.807) is 24.3 Å². The molecule has 0 saturated carbocycles. The molecular weight excluding hydrogens is 510 g/mol. The number of fused-ring (bicyclic) bond motifs is 2. The molecule has 1 N–H and O–H groups in total. The molecule has 33 heavy (non-hydrogen) atoms. The Balaban J connectivity index is 1.83. The normalized spacial score (nSPS) is 15.3. The molecule has 2 aromatic carbocycles. The lowest BCUT2D eigenvalue weighted by Crippen LogP contribution is -2.29. The minimum atomic E-state index is -0.836. The number of phenolic OH excluding ortho intramolecular Hbond substituents is 1. The van der Waals surface area contributed by atoms with Crippen LogP contribution >= 0.6 is 27.3 Å². The maximum absolute atomic E-state index is 13.7. The number of nitrogens with zero attached hydrogens (tertiary/aromatic N) is 3. The Bertz CT molecular complexity index is 1500. The van der Waals surface area contributed by atoms with E-state index in [4.69, 9.17) is 9.15 Å². The Labute approximate surface area is 200 Å². The van der Waals surface area contributed by atoms with Crippen LogP contribution in [0.2, 0.25) is 0 Å². The molecule has 0 saturated heterocycles. The Hall–Kier alpha value is -3.24. The second-order valence-electron chi connectivity index (χ2n) is 7.64. The van der Waals surface area contributed by atoms with Crippen molar-refractivity contribution in [1.82, 2.24) is 10.2 Å². The van der Waals surface area contributed by atoms with Crippen LogP contribution in [-0.4, -0.2) is 28.3 Å². The number of rotatable bonds is 4. The highest BCUT2D eigenvalue weighted by Gasteiger charge is 2.45. The first-order valence-electron chi connectivity index (χ1n) is 10.1. The third kappa shape index (κ3) is 3.32. The zero-order valence-electron chi connectivity index (χ0n) is 17.9. The maximum atomic E-state index is 13.7. The summed E-state index contributed by atoms with van der Waals surface area (Å²) in [6.07, 6.45) is 0.663. The molecule has 0 bridgehead atoms. The van der Waals surface area contributed by atoms with E-state index in [2.05, 4.69) is 26.1 Å². The van der Waals surface area contributed by atoms with Crippen LogP contribution in [-0.2, 0) is 6.42 Å². The lowest BCUT2D eigenvalue weighted by Gasteiger charge is -2.23. The fourth-order valence-electron chi connectivity index (χ4n) is 3.99. The Morgan fingerprint density at radius 1 is 1.24 bits per heavy atom. The number of aromatic hydroxyl groups is 1. The molecular formula is C23H18BrN3O5S. The van der Waals surface area contributed by atoms with Gasteiger partial charge in [0.15, 0.2) is 16.9 Å². The van der Waals surface area contributed by atoms with Gasteiger partial charge in [0, 0.05) is 0 Å². The first-order valence-corrected chi connectivity index (χ1v) is 11.7. The second kappa shape index (κ2) is 7.96. The highest BCUT2D eigenvalue weighted by atomic mass is 79.9. The van der Waals surface area contributed by atoms with Crippen molar-refractivity contribution in [3.8, 4) is 11.5 Å². The van der Waals surface area contributed by atoms with Crippen molar-refractivity contribution in [2.45, 2.75) is 26.3 Å². The molecule has 3 heterocycles. The molecule has 5 rings (SSSR count). The highest BCUT2D eigenvalue weighted by molar-refractivity contribution is 9.10. The Morgan fingerprint density at radius 2 is 2.03 bits per heavy atom. The smallest absolute Gasteiger partial charge is 0.297 e. The summed E-state index contributed by atoms with van der Waals surface area (Å²) in [7, 11) is 1.43. The highest BCUT2D eigenvalue weighted by Crippen LogP contribution is 2.45. The van der Waals surface area contributed by atoms with E-state index in [0.717, 1.165) is 10.6 Å².